The molecule has 1 heterocycles. The highest BCUT2D eigenvalue weighted by Gasteiger charge is 1.99. The normalized spacial score (nSPS) is 10.2. The zero-order chi connectivity index (χ0) is 10.5. The Balaban J connectivity index is 1.98. The van der Waals surface area contributed by atoms with Crippen molar-refractivity contribution >= 4 is 0 Å². The van der Waals surface area contributed by atoms with Gasteiger partial charge in [0, 0.05) is 12.6 Å². The molecule has 0 aliphatic heterocycles. The summed E-state index contributed by atoms with van der Waals surface area (Å²) in [6.45, 7) is 0.896. The Hall–Kier alpha value is -1.81. The van der Waals surface area contributed by atoms with Crippen LogP contribution in [0.2, 0.25) is 0 Å². The lowest BCUT2D eigenvalue weighted by molar-refractivity contribution is 0.249. The summed E-state index contributed by atoms with van der Waals surface area (Å²) in [5, 5.41) is 3.59. The van der Waals surface area contributed by atoms with Gasteiger partial charge in [-0.2, -0.15) is 0 Å². The Morgan fingerprint density at radius 3 is 3.00 bits per heavy atom. The standard InChI is InChI=1S/C11H12N2O2/c12-7-9-2-1-3-10(6-9)14-8-11-4-5-13-15-11/h1-6H,7-8,12H2. The van der Waals surface area contributed by atoms with E-state index in [-0.39, 0.29) is 0 Å². The molecule has 0 aliphatic rings. The van der Waals surface area contributed by atoms with E-state index in [4.69, 9.17) is 15.0 Å². The van der Waals surface area contributed by atoms with Gasteiger partial charge in [-0.05, 0) is 17.7 Å². The number of ether oxygens (including phenoxy) is 1. The summed E-state index contributed by atoms with van der Waals surface area (Å²) in [6, 6.07) is 9.44. The fourth-order valence-corrected chi connectivity index (χ4v) is 1.23. The third-order valence-electron chi connectivity index (χ3n) is 2.01. The zero-order valence-electron chi connectivity index (χ0n) is 8.22. The Morgan fingerprint density at radius 2 is 2.27 bits per heavy atom. The number of hydrogen-bond donors (Lipinski definition) is 1. The first-order valence-electron chi connectivity index (χ1n) is 4.70. The van der Waals surface area contributed by atoms with E-state index in [1.807, 2.05) is 24.3 Å². The van der Waals surface area contributed by atoms with Gasteiger partial charge in [-0.1, -0.05) is 17.3 Å². The van der Waals surface area contributed by atoms with Crippen molar-refractivity contribution in [2.45, 2.75) is 13.2 Å². The van der Waals surface area contributed by atoms with Crippen molar-refractivity contribution in [3.05, 3.63) is 47.9 Å². The molecule has 0 aliphatic carbocycles. The van der Waals surface area contributed by atoms with Crippen molar-refractivity contribution in [3.8, 4) is 5.75 Å². The van der Waals surface area contributed by atoms with Gasteiger partial charge < -0.3 is 15.0 Å². The Bertz CT molecular complexity index is 412. The van der Waals surface area contributed by atoms with Crippen molar-refractivity contribution in [2.24, 2.45) is 5.73 Å². The maximum absolute atomic E-state index is 5.53. The Kier molecular flexibility index (Phi) is 2.99. The number of aromatic nitrogens is 1. The van der Waals surface area contributed by atoms with Crippen LogP contribution in [0.25, 0.3) is 0 Å². The summed E-state index contributed by atoms with van der Waals surface area (Å²) < 4.78 is 10.4. The number of nitrogens with two attached hydrogens (primary N) is 1. The molecular weight excluding hydrogens is 192 g/mol. The molecule has 2 N–H and O–H groups in total. The molecule has 4 nitrogen and oxygen atoms in total. The van der Waals surface area contributed by atoms with Gasteiger partial charge in [0.2, 0.25) is 0 Å². The minimum atomic E-state index is 0.383. The average Bonchev–Trinajstić information content (AvgIpc) is 2.79. The van der Waals surface area contributed by atoms with Crippen LogP contribution in [0.4, 0.5) is 0 Å². The van der Waals surface area contributed by atoms with E-state index < -0.39 is 0 Å². The SMILES string of the molecule is NCc1cccc(OCc2ccno2)c1. The van der Waals surface area contributed by atoms with Gasteiger partial charge in [-0.3, -0.25) is 0 Å². The molecule has 15 heavy (non-hydrogen) atoms. The molecule has 0 atom stereocenters. The fraction of sp³-hybridized carbons (Fsp3) is 0.182. The van der Waals surface area contributed by atoms with Crippen LogP contribution < -0.4 is 10.5 Å². The Morgan fingerprint density at radius 1 is 1.33 bits per heavy atom. The van der Waals surface area contributed by atoms with Crippen LogP contribution in [-0.4, -0.2) is 5.16 Å². The van der Waals surface area contributed by atoms with E-state index in [0.717, 1.165) is 11.3 Å². The first kappa shape index (κ1) is 9.73. The third kappa shape index (κ3) is 2.57. The highest BCUT2D eigenvalue weighted by molar-refractivity contribution is 5.28. The molecule has 78 valence electrons. The molecule has 0 radical (unpaired) electrons. The molecule has 1 aromatic heterocycles. The Labute approximate surface area is 87.6 Å². The first-order valence-corrected chi connectivity index (χ1v) is 4.70. The molecule has 2 aromatic rings. The van der Waals surface area contributed by atoms with Crippen molar-refractivity contribution < 1.29 is 9.26 Å². The molecule has 0 unspecified atom stereocenters. The van der Waals surface area contributed by atoms with E-state index in [9.17, 15) is 0 Å². The molecule has 4 heteroatoms. The van der Waals surface area contributed by atoms with E-state index in [1.54, 1.807) is 12.3 Å². The van der Waals surface area contributed by atoms with Crippen LogP contribution >= 0.6 is 0 Å². The van der Waals surface area contributed by atoms with Crippen molar-refractivity contribution in [2.75, 3.05) is 0 Å². The van der Waals surface area contributed by atoms with Crippen LogP contribution in [-0.2, 0) is 13.2 Å². The molecule has 1 aromatic carbocycles. The molecule has 0 bridgehead atoms. The maximum atomic E-state index is 5.53. The molecule has 0 saturated carbocycles. The molecule has 0 spiro atoms. The average molecular weight is 204 g/mol. The second-order valence-corrected chi connectivity index (χ2v) is 3.12. The topological polar surface area (TPSA) is 61.3 Å². The van der Waals surface area contributed by atoms with Gasteiger partial charge in [0.15, 0.2) is 5.76 Å². The highest BCUT2D eigenvalue weighted by Crippen LogP contribution is 2.14. The smallest absolute Gasteiger partial charge is 0.174 e. The van der Waals surface area contributed by atoms with Gasteiger partial charge in [-0.15, -0.1) is 0 Å². The van der Waals surface area contributed by atoms with Gasteiger partial charge >= 0.3 is 0 Å². The molecule has 0 amide bonds. The zero-order valence-corrected chi connectivity index (χ0v) is 8.22. The van der Waals surface area contributed by atoms with Crippen LogP contribution in [0.15, 0.2) is 41.1 Å². The van der Waals surface area contributed by atoms with E-state index in [0.29, 0.717) is 18.9 Å². The summed E-state index contributed by atoms with van der Waals surface area (Å²) in [5.41, 5.74) is 6.57. The van der Waals surface area contributed by atoms with Gasteiger partial charge in [0.25, 0.3) is 0 Å². The van der Waals surface area contributed by atoms with Gasteiger partial charge in [0.05, 0.1) is 6.20 Å². The summed E-state index contributed by atoms with van der Waals surface area (Å²) in [4.78, 5) is 0. The van der Waals surface area contributed by atoms with Gasteiger partial charge in [0.1, 0.15) is 12.4 Å². The lowest BCUT2D eigenvalue weighted by Crippen LogP contribution is -1.98. The van der Waals surface area contributed by atoms with E-state index >= 15 is 0 Å². The highest BCUT2D eigenvalue weighted by atomic mass is 16.5. The number of nitrogens with zero attached hydrogens (tertiary/aromatic N) is 1. The monoisotopic (exact) mass is 204 g/mol. The fourth-order valence-electron chi connectivity index (χ4n) is 1.23. The molecule has 0 fully saturated rings. The minimum Gasteiger partial charge on any atom is -0.486 e. The summed E-state index contributed by atoms with van der Waals surface area (Å²) >= 11 is 0. The summed E-state index contributed by atoms with van der Waals surface area (Å²) in [5.74, 6) is 1.49. The predicted molar refractivity (Wildman–Crippen MR) is 55.2 cm³/mol. The van der Waals surface area contributed by atoms with Crippen LogP contribution in [0.1, 0.15) is 11.3 Å². The molecule has 2 rings (SSSR count). The number of benzene rings is 1. The second kappa shape index (κ2) is 4.61. The lowest BCUT2D eigenvalue weighted by atomic mass is 10.2. The maximum Gasteiger partial charge on any atom is 0.174 e. The summed E-state index contributed by atoms with van der Waals surface area (Å²) in [7, 11) is 0. The van der Waals surface area contributed by atoms with Crippen molar-refractivity contribution in [1.29, 1.82) is 0 Å². The second-order valence-electron chi connectivity index (χ2n) is 3.12. The van der Waals surface area contributed by atoms with Crippen LogP contribution in [0.5, 0.6) is 5.75 Å². The minimum absolute atomic E-state index is 0.383. The predicted octanol–water partition coefficient (Wildman–Crippen LogP) is 1.71. The van der Waals surface area contributed by atoms with E-state index in [1.165, 1.54) is 0 Å². The van der Waals surface area contributed by atoms with Crippen molar-refractivity contribution in [3.63, 3.8) is 0 Å². The summed E-state index contributed by atoms with van der Waals surface area (Å²) in [6.07, 6.45) is 1.59. The van der Waals surface area contributed by atoms with Gasteiger partial charge in [-0.25, -0.2) is 0 Å². The van der Waals surface area contributed by atoms with Crippen LogP contribution in [0, 0.1) is 0 Å². The molecular formula is C11H12N2O2. The number of rotatable bonds is 4. The first-order chi connectivity index (χ1) is 7.38. The third-order valence-corrected chi connectivity index (χ3v) is 2.01. The number of hydrogen-bond acceptors (Lipinski definition) is 4. The van der Waals surface area contributed by atoms with E-state index in [2.05, 4.69) is 5.16 Å². The largest absolute Gasteiger partial charge is 0.486 e. The van der Waals surface area contributed by atoms with Crippen LogP contribution in [0.3, 0.4) is 0 Å². The van der Waals surface area contributed by atoms with Crippen molar-refractivity contribution in [1.82, 2.24) is 5.16 Å². The lowest BCUT2D eigenvalue weighted by Gasteiger charge is -2.04. The quantitative estimate of drug-likeness (QED) is 0.823. The molecule has 0 saturated heterocycles.